The summed E-state index contributed by atoms with van der Waals surface area (Å²) in [5, 5.41) is 21.6. The van der Waals surface area contributed by atoms with Crippen LogP contribution in [0.2, 0.25) is 0 Å². The molecule has 3 aromatic carbocycles. The van der Waals surface area contributed by atoms with Crippen molar-refractivity contribution in [2.45, 2.75) is 16.3 Å². The lowest BCUT2D eigenvalue weighted by Crippen LogP contribution is -2.25. The maximum absolute atomic E-state index is 12.5. The van der Waals surface area contributed by atoms with Crippen molar-refractivity contribution in [2.75, 3.05) is 0 Å². The molecule has 3 N–H and O–H groups in total. The van der Waals surface area contributed by atoms with Gasteiger partial charge in [-0.05, 0) is 35.9 Å². The van der Waals surface area contributed by atoms with E-state index in [0.717, 1.165) is 17.3 Å². The number of carbonyl (C=O) groups excluding carboxylic acids is 1. The van der Waals surface area contributed by atoms with Crippen LogP contribution in [-0.2, 0) is 6.54 Å². The van der Waals surface area contributed by atoms with Crippen molar-refractivity contribution in [2.24, 2.45) is 0 Å². The Balaban J connectivity index is 1.83. The third kappa shape index (κ3) is 5.03. The molecule has 0 atom stereocenters. The molecule has 29 heavy (non-hydrogen) atoms. The van der Waals surface area contributed by atoms with Gasteiger partial charge in [0.05, 0.1) is 16.7 Å². The summed E-state index contributed by atoms with van der Waals surface area (Å²) in [6, 6.07) is 20.2. The van der Waals surface area contributed by atoms with Crippen molar-refractivity contribution in [3.63, 3.8) is 0 Å². The lowest BCUT2D eigenvalue weighted by molar-refractivity contribution is 0.0682. The molecule has 1 amide bonds. The minimum Gasteiger partial charge on any atom is -0.478 e. The predicted octanol–water partition coefficient (Wildman–Crippen LogP) is 4.16. The van der Waals surface area contributed by atoms with Gasteiger partial charge in [-0.25, -0.2) is 9.59 Å². The zero-order valence-electron chi connectivity index (χ0n) is 15.2. The molecule has 3 aromatic rings. The van der Waals surface area contributed by atoms with Crippen LogP contribution in [0.4, 0.5) is 0 Å². The molecule has 0 spiro atoms. The maximum atomic E-state index is 12.5. The Labute approximate surface area is 171 Å². The molecule has 146 valence electrons. The first-order valence-corrected chi connectivity index (χ1v) is 9.47. The molecule has 0 unspecified atom stereocenters. The van der Waals surface area contributed by atoms with Crippen molar-refractivity contribution < 1.29 is 24.6 Å². The number of hydrogen-bond donors (Lipinski definition) is 3. The predicted molar refractivity (Wildman–Crippen MR) is 109 cm³/mol. The lowest BCUT2D eigenvalue weighted by atomic mass is 10.1. The minimum atomic E-state index is -1.23. The van der Waals surface area contributed by atoms with Crippen LogP contribution in [0.5, 0.6) is 0 Å². The summed E-state index contributed by atoms with van der Waals surface area (Å²) < 4.78 is 0. The smallest absolute Gasteiger partial charge is 0.336 e. The zero-order valence-corrected chi connectivity index (χ0v) is 16.0. The number of benzene rings is 3. The average Bonchev–Trinajstić information content (AvgIpc) is 2.73. The molecule has 0 aromatic heterocycles. The van der Waals surface area contributed by atoms with Crippen LogP contribution in [0.15, 0.2) is 82.6 Å². The van der Waals surface area contributed by atoms with Gasteiger partial charge in [0, 0.05) is 16.3 Å². The highest BCUT2D eigenvalue weighted by Gasteiger charge is 2.18. The first kappa shape index (κ1) is 20.2. The van der Waals surface area contributed by atoms with E-state index in [-0.39, 0.29) is 23.2 Å². The van der Waals surface area contributed by atoms with Crippen LogP contribution >= 0.6 is 11.8 Å². The highest BCUT2D eigenvalue weighted by molar-refractivity contribution is 7.99. The normalized spacial score (nSPS) is 10.3. The summed E-state index contributed by atoms with van der Waals surface area (Å²) in [5.74, 6) is -2.79. The van der Waals surface area contributed by atoms with Crippen LogP contribution in [0.1, 0.15) is 36.6 Å². The summed E-state index contributed by atoms with van der Waals surface area (Å²) in [6.07, 6.45) is 0. The maximum Gasteiger partial charge on any atom is 0.336 e. The second kappa shape index (κ2) is 9.07. The van der Waals surface area contributed by atoms with Crippen LogP contribution in [0, 0.1) is 0 Å². The van der Waals surface area contributed by atoms with Gasteiger partial charge >= 0.3 is 11.9 Å². The molecule has 7 heteroatoms. The average molecular weight is 407 g/mol. The van der Waals surface area contributed by atoms with Gasteiger partial charge in [0.2, 0.25) is 0 Å². The quantitative estimate of drug-likeness (QED) is 0.543. The van der Waals surface area contributed by atoms with E-state index in [9.17, 15) is 24.6 Å². The molecular formula is C22H17NO5S. The molecule has 6 nitrogen and oxygen atoms in total. The largest absolute Gasteiger partial charge is 0.478 e. The number of carboxylic acid groups (broad SMARTS) is 2. The number of nitrogens with one attached hydrogen (secondary N) is 1. The summed E-state index contributed by atoms with van der Waals surface area (Å²) in [7, 11) is 0. The van der Waals surface area contributed by atoms with Gasteiger partial charge < -0.3 is 15.5 Å². The van der Waals surface area contributed by atoms with Crippen molar-refractivity contribution in [1.29, 1.82) is 0 Å². The molecule has 3 rings (SSSR count). The summed E-state index contributed by atoms with van der Waals surface area (Å²) in [5.41, 5.74) is 0.923. The van der Waals surface area contributed by atoms with E-state index in [4.69, 9.17) is 0 Å². The summed E-state index contributed by atoms with van der Waals surface area (Å²) >= 11 is 1.13. The van der Waals surface area contributed by atoms with Crippen molar-refractivity contribution >= 4 is 29.6 Å². The number of amides is 1. The topological polar surface area (TPSA) is 104 Å². The second-order valence-corrected chi connectivity index (χ2v) is 7.20. The molecule has 0 heterocycles. The number of carbonyl (C=O) groups is 3. The second-order valence-electron chi connectivity index (χ2n) is 6.08. The molecule has 0 bridgehead atoms. The van der Waals surface area contributed by atoms with Crippen molar-refractivity contribution in [3.05, 3.63) is 95.1 Å². The third-order valence-electron chi connectivity index (χ3n) is 4.11. The Morgan fingerprint density at radius 3 is 2.10 bits per heavy atom. The fourth-order valence-corrected chi connectivity index (χ4v) is 3.67. The van der Waals surface area contributed by atoms with E-state index in [1.807, 2.05) is 30.3 Å². The molecular weight excluding hydrogens is 390 g/mol. The van der Waals surface area contributed by atoms with Crippen molar-refractivity contribution in [3.8, 4) is 0 Å². The fraction of sp³-hybridized carbons (Fsp3) is 0.0455. The molecule has 0 aliphatic carbocycles. The molecule has 0 aliphatic rings. The van der Waals surface area contributed by atoms with Gasteiger partial charge in [-0.1, -0.05) is 54.2 Å². The van der Waals surface area contributed by atoms with E-state index in [1.54, 1.807) is 24.3 Å². The molecule has 0 aliphatic heterocycles. The van der Waals surface area contributed by atoms with Crippen LogP contribution in [0.25, 0.3) is 0 Å². The Bertz CT molecular complexity index is 1070. The summed E-state index contributed by atoms with van der Waals surface area (Å²) in [4.78, 5) is 36.6. The molecule has 0 fully saturated rings. The molecule has 0 saturated heterocycles. The Hall–Kier alpha value is -3.58. The first-order chi connectivity index (χ1) is 14.0. The van der Waals surface area contributed by atoms with E-state index < -0.39 is 17.8 Å². The molecule has 0 radical (unpaired) electrons. The zero-order chi connectivity index (χ0) is 20.8. The van der Waals surface area contributed by atoms with Gasteiger partial charge in [0.1, 0.15) is 0 Å². The van der Waals surface area contributed by atoms with Crippen molar-refractivity contribution in [1.82, 2.24) is 5.32 Å². The third-order valence-corrected chi connectivity index (χ3v) is 5.17. The number of hydrogen-bond acceptors (Lipinski definition) is 4. The minimum absolute atomic E-state index is 0.0456. The van der Waals surface area contributed by atoms with E-state index >= 15 is 0 Å². The van der Waals surface area contributed by atoms with Gasteiger partial charge in [0.15, 0.2) is 0 Å². The van der Waals surface area contributed by atoms with Crippen LogP contribution in [0.3, 0.4) is 0 Å². The van der Waals surface area contributed by atoms with Gasteiger partial charge in [0.25, 0.3) is 5.91 Å². The van der Waals surface area contributed by atoms with Gasteiger partial charge in [-0.2, -0.15) is 0 Å². The highest BCUT2D eigenvalue weighted by atomic mass is 32.2. The highest BCUT2D eigenvalue weighted by Crippen LogP contribution is 2.32. The molecule has 0 saturated carbocycles. The van der Waals surface area contributed by atoms with Crippen LogP contribution in [-0.4, -0.2) is 28.1 Å². The SMILES string of the molecule is O=C(O)c1ccccc1Sc1ccc(C(=O)NCc2ccccc2)c(C(=O)O)c1. The fourth-order valence-electron chi connectivity index (χ4n) is 2.69. The number of carboxylic acids is 2. The van der Waals surface area contributed by atoms with E-state index in [0.29, 0.717) is 9.79 Å². The van der Waals surface area contributed by atoms with Gasteiger partial charge in [-0.3, -0.25) is 4.79 Å². The van der Waals surface area contributed by atoms with Gasteiger partial charge in [-0.15, -0.1) is 0 Å². The van der Waals surface area contributed by atoms with Crippen LogP contribution < -0.4 is 5.32 Å². The standard InChI is InChI=1S/C22H17NO5S/c24-20(23-13-14-6-2-1-3-7-14)16-11-10-15(12-18(16)22(27)28)29-19-9-5-4-8-17(19)21(25)26/h1-12H,13H2,(H,23,24)(H,25,26)(H,27,28). The van der Waals surface area contributed by atoms with E-state index in [2.05, 4.69) is 5.32 Å². The lowest BCUT2D eigenvalue weighted by Gasteiger charge is -2.11. The Morgan fingerprint density at radius 2 is 1.41 bits per heavy atom. The Morgan fingerprint density at radius 1 is 0.759 bits per heavy atom. The summed E-state index contributed by atoms with van der Waals surface area (Å²) in [6.45, 7) is 0.279. The Kier molecular flexibility index (Phi) is 6.31. The monoisotopic (exact) mass is 407 g/mol. The number of aromatic carboxylic acids is 2. The number of rotatable bonds is 7. The first-order valence-electron chi connectivity index (χ1n) is 8.65. The van der Waals surface area contributed by atoms with E-state index in [1.165, 1.54) is 18.2 Å².